The van der Waals surface area contributed by atoms with Crippen molar-refractivity contribution in [1.29, 1.82) is 0 Å². The van der Waals surface area contributed by atoms with Crippen LogP contribution < -0.4 is 10.1 Å². The molecule has 2 aliphatic rings. The summed E-state index contributed by atoms with van der Waals surface area (Å²) in [6.07, 6.45) is 7.38. The van der Waals surface area contributed by atoms with Gasteiger partial charge in [-0.05, 0) is 75.8 Å². The lowest BCUT2D eigenvalue weighted by molar-refractivity contribution is -0.0399. The molecule has 0 amide bonds. The van der Waals surface area contributed by atoms with Crippen LogP contribution in [-0.4, -0.2) is 29.3 Å². The van der Waals surface area contributed by atoms with Crippen molar-refractivity contribution in [3.05, 3.63) is 34.8 Å². The van der Waals surface area contributed by atoms with Crippen LogP contribution >= 0.6 is 11.3 Å². The minimum Gasteiger partial charge on any atom is -0.497 e. The number of hydrogen-bond acceptors (Lipinski definition) is 5. The molecule has 1 aromatic heterocycles. The van der Waals surface area contributed by atoms with E-state index in [2.05, 4.69) is 17.4 Å². The largest absolute Gasteiger partial charge is 0.497 e. The number of fused-ring (bicyclic) bond motifs is 1. The first-order valence-electron chi connectivity index (χ1n) is 9.27. The number of methoxy groups -OCH3 is 1. The highest BCUT2D eigenvalue weighted by Gasteiger charge is 2.34. The van der Waals surface area contributed by atoms with Crippen LogP contribution in [0.5, 0.6) is 5.75 Å². The molecule has 0 radical (unpaired) electrons. The van der Waals surface area contributed by atoms with Gasteiger partial charge in [0.2, 0.25) is 0 Å². The standard InChI is InChI=1S/C20H26N2O2S/c1-24-15-8-6-14(7-9-15)19-22-17-5-2-4-16(18(17)25-19)21-13-12-20(23)10-3-11-20/h6-9,16,21,23H,2-5,10-13H2,1H3/t16-/m0/s1. The van der Waals surface area contributed by atoms with Gasteiger partial charge < -0.3 is 15.2 Å². The van der Waals surface area contributed by atoms with Gasteiger partial charge in [0, 0.05) is 16.5 Å². The Hall–Kier alpha value is -1.43. The van der Waals surface area contributed by atoms with E-state index in [1.807, 2.05) is 23.5 Å². The van der Waals surface area contributed by atoms with E-state index < -0.39 is 5.60 Å². The molecular formula is C20H26N2O2S. The second-order valence-electron chi connectivity index (χ2n) is 7.29. The highest BCUT2D eigenvalue weighted by molar-refractivity contribution is 7.15. The quantitative estimate of drug-likeness (QED) is 0.817. The second-order valence-corrected chi connectivity index (χ2v) is 8.32. The van der Waals surface area contributed by atoms with E-state index in [0.29, 0.717) is 6.04 Å². The summed E-state index contributed by atoms with van der Waals surface area (Å²) in [6, 6.07) is 8.53. The molecule has 0 saturated heterocycles. The van der Waals surface area contributed by atoms with Crippen molar-refractivity contribution in [2.24, 2.45) is 0 Å². The fourth-order valence-corrected chi connectivity index (χ4v) is 5.01. The van der Waals surface area contributed by atoms with Gasteiger partial charge in [-0.25, -0.2) is 4.98 Å². The molecule has 0 spiro atoms. The Labute approximate surface area is 153 Å². The summed E-state index contributed by atoms with van der Waals surface area (Å²) in [6.45, 7) is 0.885. The lowest BCUT2D eigenvalue weighted by Gasteiger charge is -2.37. The van der Waals surface area contributed by atoms with E-state index in [9.17, 15) is 5.11 Å². The summed E-state index contributed by atoms with van der Waals surface area (Å²) in [5, 5.41) is 15.0. The van der Waals surface area contributed by atoms with Gasteiger partial charge >= 0.3 is 0 Å². The lowest BCUT2D eigenvalue weighted by Crippen LogP contribution is -2.40. The van der Waals surface area contributed by atoms with E-state index >= 15 is 0 Å². The van der Waals surface area contributed by atoms with Crippen LogP contribution in [0.25, 0.3) is 10.6 Å². The number of rotatable bonds is 6. The van der Waals surface area contributed by atoms with E-state index in [4.69, 9.17) is 9.72 Å². The van der Waals surface area contributed by atoms with Crippen LogP contribution in [-0.2, 0) is 6.42 Å². The zero-order valence-electron chi connectivity index (χ0n) is 14.8. The van der Waals surface area contributed by atoms with Crippen LogP contribution in [0.2, 0.25) is 0 Å². The number of aryl methyl sites for hydroxylation is 1. The number of thiazole rings is 1. The van der Waals surface area contributed by atoms with Crippen LogP contribution in [0, 0.1) is 0 Å². The maximum absolute atomic E-state index is 10.3. The molecule has 4 rings (SSSR count). The Balaban J connectivity index is 1.46. The van der Waals surface area contributed by atoms with Gasteiger partial charge in [0.15, 0.2) is 0 Å². The molecule has 1 heterocycles. The molecule has 0 aliphatic heterocycles. The molecule has 1 aromatic carbocycles. The monoisotopic (exact) mass is 358 g/mol. The minimum atomic E-state index is -0.396. The number of nitrogens with zero attached hydrogens (tertiary/aromatic N) is 1. The van der Waals surface area contributed by atoms with Gasteiger partial charge in [0.1, 0.15) is 10.8 Å². The third-order valence-corrected chi connectivity index (χ3v) is 6.81. The van der Waals surface area contributed by atoms with Gasteiger partial charge in [-0.1, -0.05) is 0 Å². The van der Waals surface area contributed by atoms with Crippen molar-refractivity contribution < 1.29 is 9.84 Å². The van der Waals surface area contributed by atoms with E-state index in [1.165, 1.54) is 23.4 Å². The number of aromatic nitrogens is 1. The van der Waals surface area contributed by atoms with Gasteiger partial charge in [0.05, 0.1) is 18.4 Å². The Morgan fingerprint density at radius 3 is 2.76 bits per heavy atom. The molecule has 25 heavy (non-hydrogen) atoms. The third-order valence-electron chi connectivity index (χ3n) is 5.55. The lowest BCUT2D eigenvalue weighted by atomic mass is 9.78. The van der Waals surface area contributed by atoms with Crippen molar-refractivity contribution in [2.75, 3.05) is 13.7 Å². The van der Waals surface area contributed by atoms with Crippen LogP contribution in [0.4, 0.5) is 0 Å². The normalized spacial score (nSPS) is 21.4. The third kappa shape index (κ3) is 3.59. The number of nitrogens with one attached hydrogen (secondary N) is 1. The maximum atomic E-state index is 10.3. The highest BCUT2D eigenvalue weighted by Crippen LogP contribution is 2.39. The first kappa shape index (κ1) is 17.0. The molecule has 4 nitrogen and oxygen atoms in total. The van der Waals surface area contributed by atoms with Gasteiger partial charge in [0.25, 0.3) is 0 Å². The van der Waals surface area contributed by atoms with Crippen LogP contribution in [0.1, 0.15) is 55.1 Å². The average Bonchev–Trinajstić information content (AvgIpc) is 3.05. The van der Waals surface area contributed by atoms with E-state index in [-0.39, 0.29) is 0 Å². The van der Waals surface area contributed by atoms with Crippen LogP contribution in [0.3, 0.4) is 0 Å². The number of aliphatic hydroxyl groups is 1. The molecule has 2 N–H and O–H groups in total. The first-order valence-corrected chi connectivity index (χ1v) is 10.1. The molecule has 5 heteroatoms. The molecule has 2 aliphatic carbocycles. The van der Waals surface area contributed by atoms with E-state index in [1.54, 1.807) is 7.11 Å². The predicted molar refractivity (Wildman–Crippen MR) is 101 cm³/mol. The molecule has 1 saturated carbocycles. The molecule has 0 bridgehead atoms. The zero-order valence-corrected chi connectivity index (χ0v) is 15.6. The summed E-state index contributed by atoms with van der Waals surface area (Å²) in [5.74, 6) is 0.874. The fourth-order valence-electron chi connectivity index (χ4n) is 3.79. The Morgan fingerprint density at radius 1 is 1.28 bits per heavy atom. The summed E-state index contributed by atoms with van der Waals surface area (Å²) < 4.78 is 5.24. The summed E-state index contributed by atoms with van der Waals surface area (Å²) in [5.41, 5.74) is 2.01. The van der Waals surface area contributed by atoms with Gasteiger partial charge in [-0.3, -0.25) is 0 Å². The Kier molecular flexibility index (Phi) is 4.80. The summed E-state index contributed by atoms with van der Waals surface area (Å²) in [4.78, 5) is 6.29. The topological polar surface area (TPSA) is 54.4 Å². The first-order chi connectivity index (χ1) is 12.2. The zero-order chi connectivity index (χ0) is 17.3. The summed E-state index contributed by atoms with van der Waals surface area (Å²) >= 11 is 1.81. The molecule has 2 aromatic rings. The average molecular weight is 359 g/mol. The van der Waals surface area contributed by atoms with Crippen molar-refractivity contribution in [3.63, 3.8) is 0 Å². The molecule has 1 fully saturated rings. The highest BCUT2D eigenvalue weighted by atomic mass is 32.1. The molecule has 134 valence electrons. The smallest absolute Gasteiger partial charge is 0.123 e. The number of benzene rings is 1. The maximum Gasteiger partial charge on any atom is 0.123 e. The van der Waals surface area contributed by atoms with Crippen LogP contribution in [0.15, 0.2) is 24.3 Å². The predicted octanol–water partition coefficient (Wildman–Crippen LogP) is 4.09. The molecule has 0 unspecified atom stereocenters. The summed E-state index contributed by atoms with van der Waals surface area (Å²) in [7, 11) is 1.69. The SMILES string of the molecule is COc1ccc(-c2nc3c(s2)[C@@H](NCCC2(O)CCC2)CCC3)cc1. The van der Waals surface area contributed by atoms with Crippen molar-refractivity contribution in [3.8, 4) is 16.3 Å². The van der Waals surface area contributed by atoms with Crippen molar-refractivity contribution >= 4 is 11.3 Å². The number of ether oxygens (including phenoxy) is 1. The molecule has 1 atom stereocenters. The minimum absolute atomic E-state index is 0.386. The fraction of sp³-hybridized carbons (Fsp3) is 0.550. The molecular weight excluding hydrogens is 332 g/mol. The Morgan fingerprint density at radius 2 is 2.08 bits per heavy atom. The van der Waals surface area contributed by atoms with Crippen molar-refractivity contribution in [1.82, 2.24) is 10.3 Å². The van der Waals surface area contributed by atoms with Gasteiger partial charge in [-0.2, -0.15) is 0 Å². The van der Waals surface area contributed by atoms with Crippen molar-refractivity contribution in [2.45, 2.75) is 56.6 Å². The Bertz CT molecular complexity index is 722. The van der Waals surface area contributed by atoms with E-state index in [0.717, 1.165) is 55.0 Å². The van der Waals surface area contributed by atoms with Gasteiger partial charge in [-0.15, -0.1) is 11.3 Å². The number of hydrogen-bond donors (Lipinski definition) is 2. The second kappa shape index (κ2) is 7.06.